The van der Waals surface area contributed by atoms with Crippen LogP contribution in [0.3, 0.4) is 0 Å². The molecule has 6 nitrogen and oxygen atoms in total. The van der Waals surface area contributed by atoms with Crippen molar-refractivity contribution in [3.05, 3.63) is 40.4 Å². The summed E-state index contributed by atoms with van der Waals surface area (Å²) in [4.78, 5) is 17.0. The molecule has 9 heteroatoms. The maximum atomic E-state index is 11.8. The molecule has 0 aliphatic rings. The molecule has 3 rings (SSSR count). The number of nitrogens with one attached hydrogen (secondary N) is 1. The summed E-state index contributed by atoms with van der Waals surface area (Å²) in [6, 6.07) is 7.20. The maximum Gasteiger partial charge on any atom is 0.277 e. The van der Waals surface area contributed by atoms with Gasteiger partial charge in [-0.2, -0.15) is 0 Å². The highest BCUT2D eigenvalue weighted by Gasteiger charge is 2.13. The zero-order valence-corrected chi connectivity index (χ0v) is 14.3. The second-order valence-electron chi connectivity index (χ2n) is 4.47. The van der Waals surface area contributed by atoms with Gasteiger partial charge in [0, 0.05) is 11.1 Å². The lowest BCUT2D eigenvalue weighted by molar-refractivity contribution is -0.113. The van der Waals surface area contributed by atoms with Gasteiger partial charge in [0.15, 0.2) is 5.13 Å². The lowest BCUT2D eigenvalue weighted by Gasteiger charge is -1.99. The van der Waals surface area contributed by atoms with Gasteiger partial charge < -0.3 is 9.73 Å². The monoisotopic (exact) mass is 366 g/mol. The van der Waals surface area contributed by atoms with Gasteiger partial charge in [-0.3, -0.25) is 4.79 Å². The lowest BCUT2D eigenvalue weighted by atomic mass is 10.2. The van der Waals surface area contributed by atoms with E-state index in [0.717, 1.165) is 16.6 Å². The van der Waals surface area contributed by atoms with Crippen LogP contribution < -0.4 is 5.32 Å². The summed E-state index contributed by atoms with van der Waals surface area (Å²) in [5.41, 5.74) is 0.663. The lowest BCUT2D eigenvalue weighted by Crippen LogP contribution is -2.13. The number of thiazole rings is 1. The summed E-state index contributed by atoms with van der Waals surface area (Å²) in [6.07, 6.45) is 1.71. The first kappa shape index (κ1) is 16.0. The van der Waals surface area contributed by atoms with Crippen LogP contribution in [-0.4, -0.2) is 26.8 Å². The Morgan fingerprint density at radius 2 is 2.22 bits per heavy atom. The minimum Gasteiger partial charge on any atom is -0.411 e. The fraction of sp³-hybridized carbons (Fsp3) is 0.143. The molecule has 0 aliphatic heterocycles. The number of aromatic nitrogens is 3. The summed E-state index contributed by atoms with van der Waals surface area (Å²) in [5.74, 6) is 0.305. The van der Waals surface area contributed by atoms with Crippen molar-refractivity contribution in [1.82, 2.24) is 15.2 Å². The van der Waals surface area contributed by atoms with Crippen molar-refractivity contribution in [3.63, 3.8) is 0 Å². The van der Waals surface area contributed by atoms with E-state index in [1.807, 2.05) is 19.1 Å². The topological polar surface area (TPSA) is 80.9 Å². The van der Waals surface area contributed by atoms with E-state index in [-0.39, 0.29) is 11.7 Å². The predicted octanol–water partition coefficient (Wildman–Crippen LogP) is 3.89. The average Bonchev–Trinajstić information content (AvgIpc) is 3.15. The Balaban J connectivity index is 1.59. The van der Waals surface area contributed by atoms with Gasteiger partial charge in [-0.05, 0) is 19.1 Å². The molecular weight excluding hydrogens is 356 g/mol. The third-order valence-electron chi connectivity index (χ3n) is 2.71. The van der Waals surface area contributed by atoms with E-state index in [9.17, 15) is 4.79 Å². The number of aryl methyl sites for hydroxylation is 1. The molecule has 1 N–H and O–H groups in total. The predicted molar refractivity (Wildman–Crippen MR) is 90.9 cm³/mol. The number of carbonyl (C=O) groups is 1. The molecule has 0 spiro atoms. The van der Waals surface area contributed by atoms with Gasteiger partial charge in [-0.25, -0.2) is 4.98 Å². The number of nitrogens with zero attached hydrogens (tertiary/aromatic N) is 3. The molecule has 0 atom stereocenters. The van der Waals surface area contributed by atoms with Crippen LogP contribution in [0.25, 0.3) is 11.5 Å². The fourth-order valence-electron chi connectivity index (χ4n) is 1.71. The smallest absolute Gasteiger partial charge is 0.277 e. The number of anilines is 1. The minimum absolute atomic E-state index is 0.156. The number of thioether (sulfide) groups is 1. The quantitative estimate of drug-likeness (QED) is 0.690. The molecule has 0 radical (unpaired) electrons. The van der Waals surface area contributed by atoms with Gasteiger partial charge in [0.1, 0.15) is 0 Å². The van der Waals surface area contributed by atoms with E-state index in [2.05, 4.69) is 20.5 Å². The number of carbonyl (C=O) groups excluding carboxylic acids is 1. The fourth-order valence-corrected chi connectivity index (χ4v) is 3.17. The molecule has 0 bridgehead atoms. The van der Waals surface area contributed by atoms with Crippen molar-refractivity contribution in [2.75, 3.05) is 11.1 Å². The molecule has 0 fully saturated rings. The first-order chi connectivity index (χ1) is 11.1. The number of hydrogen-bond donors (Lipinski definition) is 1. The number of hydrogen-bond acceptors (Lipinski definition) is 7. The Kier molecular flexibility index (Phi) is 4.94. The highest BCUT2D eigenvalue weighted by Crippen LogP contribution is 2.28. The van der Waals surface area contributed by atoms with E-state index in [4.69, 9.17) is 16.0 Å². The average molecular weight is 367 g/mol. The van der Waals surface area contributed by atoms with Crippen LogP contribution in [0.15, 0.2) is 40.1 Å². The molecule has 1 amide bonds. The van der Waals surface area contributed by atoms with Crippen LogP contribution in [0, 0.1) is 6.92 Å². The third-order valence-corrected chi connectivity index (χ3v) is 4.68. The van der Waals surface area contributed by atoms with Gasteiger partial charge in [0.05, 0.1) is 16.3 Å². The van der Waals surface area contributed by atoms with Crippen molar-refractivity contribution in [2.24, 2.45) is 0 Å². The van der Waals surface area contributed by atoms with E-state index < -0.39 is 0 Å². The summed E-state index contributed by atoms with van der Waals surface area (Å²) in [5, 5.41) is 12.0. The molecule has 23 heavy (non-hydrogen) atoms. The number of benzene rings is 1. The van der Waals surface area contributed by atoms with Crippen molar-refractivity contribution in [2.45, 2.75) is 12.1 Å². The molecule has 2 aromatic heterocycles. The van der Waals surface area contributed by atoms with Crippen molar-refractivity contribution in [3.8, 4) is 11.5 Å². The highest BCUT2D eigenvalue weighted by atomic mass is 35.5. The standard InChI is InChI=1S/C14H11ClN4O2S2/c1-8-6-16-13(23-8)17-11(20)7-22-14-19-18-12(21-14)9-4-2-3-5-10(9)15/h2-6H,7H2,1H3,(H,16,17,20). The van der Waals surface area contributed by atoms with Crippen LogP contribution in [0.1, 0.15) is 4.88 Å². The zero-order chi connectivity index (χ0) is 16.2. The van der Waals surface area contributed by atoms with Gasteiger partial charge in [0.25, 0.3) is 5.22 Å². The molecule has 1 aromatic carbocycles. The summed E-state index contributed by atoms with van der Waals surface area (Å²) >= 11 is 8.66. The first-order valence-corrected chi connectivity index (χ1v) is 8.73. The van der Waals surface area contributed by atoms with Crippen LogP contribution >= 0.6 is 34.7 Å². The highest BCUT2D eigenvalue weighted by molar-refractivity contribution is 7.99. The van der Waals surface area contributed by atoms with Gasteiger partial charge >= 0.3 is 0 Å². The molecule has 0 aliphatic carbocycles. The van der Waals surface area contributed by atoms with Gasteiger partial charge in [-0.15, -0.1) is 21.5 Å². The van der Waals surface area contributed by atoms with Crippen LogP contribution in [0.4, 0.5) is 5.13 Å². The summed E-state index contributed by atoms with van der Waals surface area (Å²) in [7, 11) is 0. The van der Waals surface area contributed by atoms with Crippen molar-refractivity contribution >= 4 is 45.7 Å². The second-order valence-corrected chi connectivity index (χ2v) is 7.03. The van der Waals surface area contributed by atoms with E-state index in [0.29, 0.717) is 26.8 Å². The summed E-state index contributed by atoms with van der Waals surface area (Å²) < 4.78 is 5.52. The maximum absolute atomic E-state index is 11.8. The second kappa shape index (κ2) is 7.12. The minimum atomic E-state index is -0.179. The Labute approximate surface area is 145 Å². The van der Waals surface area contributed by atoms with E-state index in [1.165, 1.54) is 11.3 Å². The van der Waals surface area contributed by atoms with E-state index in [1.54, 1.807) is 18.3 Å². The summed E-state index contributed by atoms with van der Waals surface area (Å²) in [6.45, 7) is 1.93. The van der Waals surface area contributed by atoms with Crippen LogP contribution in [-0.2, 0) is 4.79 Å². The van der Waals surface area contributed by atoms with Gasteiger partial charge in [-0.1, -0.05) is 35.5 Å². The SMILES string of the molecule is Cc1cnc(NC(=O)CSc2nnc(-c3ccccc3Cl)o2)s1. The van der Waals surface area contributed by atoms with Crippen molar-refractivity contribution < 1.29 is 9.21 Å². The number of halogens is 1. The van der Waals surface area contributed by atoms with Crippen molar-refractivity contribution in [1.29, 1.82) is 0 Å². The molecule has 0 unspecified atom stereocenters. The molecule has 2 heterocycles. The number of amides is 1. The molecule has 0 saturated heterocycles. The molecular formula is C14H11ClN4O2S2. The molecule has 3 aromatic rings. The third kappa shape index (κ3) is 4.10. The molecule has 0 saturated carbocycles. The Morgan fingerprint density at radius 1 is 1.39 bits per heavy atom. The molecule has 118 valence electrons. The van der Waals surface area contributed by atoms with E-state index >= 15 is 0 Å². The number of rotatable bonds is 5. The largest absolute Gasteiger partial charge is 0.411 e. The zero-order valence-electron chi connectivity index (χ0n) is 11.9. The van der Waals surface area contributed by atoms with Crippen LogP contribution in [0.5, 0.6) is 0 Å². The normalized spacial score (nSPS) is 10.7. The Morgan fingerprint density at radius 3 is 2.96 bits per heavy atom. The Bertz CT molecular complexity index is 834. The van der Waals surface area contributed by atoms with Gasteiger partial charge in [0.2, 0.25) is 11.8 Å². The first-order valence-electron chi connectivity index (χ1n) is 6.55. The Hall–Kier alpha value is -1.90. The van der Waals surface area contributed by atoms with Crippen LogP contribution in [0.2, 0.25) is 5.02 Å².